The summed E-state index contributed by atoms with van der Waals surface area (Å²) in [6.45, 7) is 2.70. The Labute approximate surface area is 242 Å². The van der Waals surface area contributed by atoms with Crippen LogP contribution in [0.25, 0.3) is 22.4 Å². The second kappa shape index (κ2) is 12.4. The number of aryl methyl sites for hydroxylation is 2. The molecule has 3 aromatic rings. The van der Waals surface area contributed by atoms with Crippen LogP contribution in [0, 0.1) is 13.8 Å². The minimum Gasteiger partial charge on any atom is -0.394 e. The average Bonchev–Trinajstić information content (AvgIpc) is 3.00. The van der Waals surface area contributed by atoms with Gasteiger partial charge in [0, 0.05) is 17.3 Å². The van der Waals surface area contributed by atoms with Crippen LogP contribution in [-0.4, -0.2) is 108 Å². The summed E-state index contributed by atoms with van der Waals surface area (Å²) in [5.74, 6) is 0. The molecule has 0 amide bonds. The number of aliphatic hydroxyl groups is 8. The predicted molar refractivity (Wildman–Crippen MR) is 150 cm³/mol. The second-order valence-electron chi connectivity index (χ2n) is 11.1. The molecule has 2 fully saturated rings. The van der Waals surface area contributed by atoms with E-state index < -0.39 is 74.3 Å². The van der Waals surface area contributed by atoms with Gasteiger partial charge in [-0.1, -0.05) is 36.4 Å². The summed E-state index contributed by atoms with van der Waals surface area (Å²) in [4.78, 5) is 4.62. The Hall–Kier alpha value is -2.81. The van der Waals surface area contributed by atoms with E-state index in [-0.39, 0.29) is 0 Å². The Kier molecular flexibility index (Phi) is 9.07. The third kappa shape index (κ3) is 5.61. The van der Waals surface area contributed by atoms with Gasteiger partial charge in [0.2, 0.25) is 0 Å². The molecule has 0 saturated carbocycles. The van der Waals surface area contributed by atoms with Crippen molar-refractivity contribution in [2.75, 3.05) is 13.2 Å². The Balaban J connectivity index is 1.34. The van der Waals surface area contributed by atoms with E-state index in [1.54, 1.807) is 18.3 Å². The van der Waals surface area contributed by atoms with Gasteiger partial charge in [-0.05, 0) is 53.8 Å². The zero-order valence-corrected chi connectivity index (χ0v) is 23.2. The standard InChI is InChI=1S/C31H37NO10/c1-14-9-16(3-6-19(14)30-28(39)26(37)24(35)22(12-33)41-30)18-5-8-21(32-11-18)17-4-7-20(15(2)10-17)31-29(40)27(38)25(36)23(13-34)42-31/h3-11,22-31,33-40H,12-13H2,1-2H3/t22-,23-,24-,25-,26+,27+,28+,29+,30-,31-/m1/s1. The molecule has 2 aliphatic heterocycles. The van der Waals surface area contributed by atoms with Crippen LogP contribution in [0.4, 0.5) is 0 Å². The Bertz CT molecular complexity index is 1280. The summed E-state index contributed by atoms with van der Waals surface area (Å²) in [5.41, 5.74) is 6.07. The number of hydrogen-bond acceptors (Lipinski definition) is 11. The van der Waals surface area contributed by atoms with Gasteiger partial charge in [0.05, 0.1) is 18.9 Å². The number of aromatic nitrogens is 1. The van der Waals surface area contributed by atoms with Gasteiger partial charge in [0.15, 0.2) is 0 Å². The predicted octanol–water partition coefficient (Wildman–Crippen LogP) is 0.0622. The largest absolute Gasteiger partial charge is 0.394 e. The lowest BCUT2D eigenvalue weighted by molar-refractivity contribution is -0.231. The highest BCUT2D eigenvalue weighted by Gasteiger charge is 2.45. The molecule has 5 rings (SSSR count). The van der Waals surface area contributed by atoms with Gasteiger partial charge in [-0.25, -0.2) is 0 Å². The first-order valence-electron chi connectivity index (χ1n) is 13.8. The molecular formula is C31H37NO10. The molecule has 11 heteroatoms. The van der Waals surface area contributed by atoms with Crippen LogP contribution in [-0.2, 0) is 9.47 Å². The van der Waals surface area contributed by atoms with Gasteiger partial charge in [-0.15, -0.1) is 0 Å². The van der Waals surface area contributed by atoms with E-state index in [2.05, 4.69) is 4.98 Å². The van der Waals surface area contributed by atoms with Crippen LogP contribution in [0.3, 0.4) is 0 Å². The minimum absolute atomic E-state index is 0.493. The second-order valence-corrected chi connectivity index (χ2v) is 11.1. The molecule has 2 saturated heterocycles. The van der Waals surface area contributed by atoms with E-state index in [0.717, 1.165) is 27.8 Å². The zero-order valence-electron chi connectivity index (χ0n) is 23.2. The molecule has 42 heavy (non-hydrogen) atoms. The van der Waals surface area contributed by atoms with Crippen molar-refractivity contribution in [2.45, 2.75) is 74.9 Å². The van der Waals surface area contributed by atoms with Gasteiger partial charge >= 0.3 is 0 Å². The first-order chi connectivity index (χ1) is 20.0. The monoisotopic (exact) mass is 583 g/mol. The van der Waals surface area contributed by atoms with E-state index in [9.17, 15) is 40.9 Å². The first kappa shape index (κ1) is 30.6. The van der Waals surface area contributed by atoms with Crippen molar-refractivity contribution in [2.24, 2.45) is 0 Å². The maximum Gasteiger partial charge on any atom is 0.113 e. The number of hydrogen-bond donors (Lipinski definition) is 8. The van der Waals surface area contributed by atoms with Gasteiger partial charge in [0.25, 0.3) is 0 Å². The fraction of sp³-hybridized carbons (Fsp3) is 0.452. The van der Waals surface area contributed by atoms with Crippen molar-refractivity contribution < 1.29 is 50.3 Å². The van der Waals surface area contributed by atoms with E-state index in [0.29, 0.717) is 16.8 Å². The number of ether oxygens (including phenoxy) is 2. The van der Waals surface area contributed by atoms with E-state index in [1.807, 2.05) is 50.2 Å². The van der Waals surface area contributed by atoms with Crippen molar-refractivity contribution >= 4 is 0 Å². The lowest BCUT2D eigenvalue weighted by Crippen LogP contribution is -2.55. The van der Waals surface area contributed by atoms with E-state index in [4.69, 9.17) is 9.47 Å². The first-order valence-corrected chi connectivity index (χ1v) is 13.8. The molecule has 11 nitrogen and oxygen atoms in total. The highest BCUT2D eigenvalue weighted by Crippen LogP contribution is 2.37. The maximum atomic E-state index is 10.5. The smallest absolute Gasteiger partial charge is 0.113 e. The lowest BCUT2D eigenvalue weighted by atomic mass is 9.88. The van der Waals surface area contributed by atoms with Crippen molar-refractivity contribution in [3.05, 3.63) is 77.0 Å². The third-order valence-corrected chi connectivity index (χ3v) is 8.33. The fourth-order valence-corrected chi connectivity index (χ4v) is 5.78. The van der Waals surface area contributed by atoms with Crippen LogP contribution in [0.15, 0.2) is 54.7 Å². The molecule has 8 N–H and O–H groups in total. The van der Waals surface area contributed by atoms with Crippen LogP contribution in [0.2, 0.25) is 0 Å². The van der Waals surface area contributed by atoms with Crippen LogP contribution >= 0.6 is 0 Å². The summed E-state index contributed by atoms with van der Waals surface area (Å²) in [5, 5.41) is 80.6. The van der Waals surface area contributed by atoms with E-state index in [1.165, 1.54) is 0 Å². The molecule has 10 atom stereocenters. The molecule has 2 aromatic carbocycles. The van der Waals surface area contributed by atoms with Crippen molar-refractivity contribution in [1.29, 1.82) is 0 Å². The van der Waals surface area contributed by atoms with Gasteiger partial charge in [-0.3, -0.25) is 4.98 Å². The minimum atomic E-state index is -1.45. The van der Waals surface area contributed by atoms with Gasteiger partial charge < -0.3 is 50.3 Å². The third-order valence-electron chi connectivity index (χ3n) is 8.33. The quantitative estimate of drug-likeness (QED) is 0.196. The number of rotatable bonds is 6. The molecule has 0 aliphatic carbocycles. The summed E-state index contributed by atoms with van der Waals surface area (Å²) in [6.07, 6.45) is -10.5. The fourth-order valence-electron chi connectivity index (χ4n) is 5.78. The summed E-state index contributed by atoms with van der Waals surface area (Å²) in [6, 6.07) is 14.8. The van der Waals surface area contributed by atoms with Gasteiger partial charge in [0.1, 0.15) is 61.0 Å². The van der Waals surface area contributed by atoms with Crippen LogP contribution < -0.4 is 0 Å². The topological polar surface area (TPSA) is 193 Å². The average molecular weight is 584 g/mol. The van der Waals surface area contributed by atoms with Crippen molar-refractivity contribution in [3.8, 4) is 22.4 Å². The Morgan fingerprint density at radius 2 is 1.02 bits per heavy atom. The Morgan fingerprint density at radius 3 is 1.45 bits per heavy atom. The molecule has 0 unspecified atom stereocenters. The summed E-state index contributed by atoms with van der Waals surface area (Å²) >= 11 is 0. The molecule has 0 bridgehead atoms. The van der Waals surface area contributed by atoms with Crippen LogP contribution in [0.1, 0.15) is 34.5 Å². The molecule has 3 heterocycles. The van der Waals surface area contributed by atoms with Gasteiger partial charge in [-0.2, -0.15) is 0 Å². The van der Waals surface area contributed by atoms with Crippen LogP contribution in [0.5, 0.6) is 0 Å². The highest BCUT2D eigenvalue weighted by atomic mass is 16.6. The van der Waals surface area contributed by atoms with Crippen molar-refractivity contribution in [3.63, 3.8) is 0 Å². The maximum absolute atomic E-state index is 10.5. The summed E-state index contributed by atoms with van der Waals surface area (Å²) < 4.78 is 11.4. The number of nitrogens with zero attached hydrogens (tertiary/aromatic N) is 1. The lowest BCUT2D eigenvalue weighted by Gasteiger charge is -2.40. The summed E-state index contributed by atoms with van der Waals surface area (Å²) in [7, 11) is 0. The number of benzene rings is 2. The molecule has 226 valence electrons. The number of aliphatic hydroxyl groups excluding tert-OH is 8. The molecule has 0 radical (unpaired) electrons. The molecular weight excluding hydrogens is 546 g/mol. The molecule has 1 aromatic heterocycles. The van der Waals surface area contributed by atoms with Crippen molar-refractivity contribution in [1.82, 2.24) is 4.98 Å². The molecule has 2 aliphatic rings. The molecule has 0 spiro atoms. The van der Waals surface area contributed by atoms with E-state index >= 15 is 0 Å². The Morgan fingerprint density at radius 1 is 0.571 bits per heavy atom. The SMILES string of the molecule is Cc1cc(-c2ccc(-c3ccc([C@H]4O[C@H](CO)[C@@H](O)[C@H](O)[C@@H]4O)c(C)c3)nc2)ccc1[C@H]1O[C@H](CO)[C@@H](O)[C@H](O)[C@@H]1O. The number of pyridine rings is 1. The zero-order chi connectivity index (χ0) is 30.3. The highest BCUT2D eigenvalue weighted by molar-refractivity contribution is 5.68. The normalized spacial score (nSPS) is 33.5.